The monoisotopic (exact) mass is 302 g/mol. The molecule has 2 aromatic heterocycles. The molecular formula is C9H11ClN6O4. The smallest absolute Gasteiger partial charge is 0.223 e. The van der Waals surface area contributed by atoms with Crippen molar-refractivity contribution in [3.05, 3.63) is 5.15 Å². The third kappa shape index (κ3) is 1.89. The van der Waals surface area contributed by atoms with Crippen molar-refractivity contribution >= 4 is 28.7 Å². The molecule has 1 aliphatic heterocycles. The van der Waals surface area contributed by atoms with Gasteiger partial charge in [-0.2, -0.15) is 14.6 Å². The molecule has 1 saturated heterocycles. The summed E-state index contributed by atoms with van der Waals surface area (Å²) in [6.07, 6.45) is -4.53. The van der Waals surface area contributed by atoms with Crippen LogP contribution in [0.1, 0.15) is 6.23 Å². The molecule has 3 heterocycles. The zero-order valence-electron chi connectivity index (χ0n) is 9.96. The molecule has 3 rings (SSSR count). The van der Waals surface area contributed by atoms with Gasteiger partial charge in [0.25, 0.3) is 0 Å². The molecule has 0 aromatic carbocycles. The van der Waals surface area contributed by atoms with Gasteiger partial charge >= 0.3 is 0 Å². The number of nitrogens with zero attached hydrogens (tertiary/aromatic N) is 5. The molecule has 1 fully saturated rings. The summed E-state index contributed by atoms with van der Waals surface area (Å²) >= 11 is 5.86. The molecule has 11 heteroatoms. The zero-order valence-corrected chi connectivity index (χ0v) is 10.7. The number of ether oxygens (including phenoxy) is 1. The van der Waals surface area contributed by atoms with E-state index in [1.807, 2.05) is 0 Å². The fourth-order valence-electron chi connectivity index (χ4n) is 2.07. The van der Waals surface area contributed by atoms with Crippen LogP contribution in [0.3, 0.4) is 0 Å². The SMILES string of the molecule is Nc1nc(Cl)c2nnn([C@@H]3O[C@H](CO)[C@H](O)[C@@H]3O)c2n1. The number of rotatable bonds is 2. The van der Waals surface area contributed by atoms with Crippen LogP contribution >= 0.6 is 11.6 Å². The molecule has 1 aliphatic rings. The minimum absolute atomic E-state index is 0.0190. The number of anilines is 1. The van der Waals surface area contributed by atoms with Gasteiger partial charge in [0.05, 0.1) is 6.61 Å². The van der Waals surface area contributed by atoms with Gasteiger partial charge in [0.1, 0.15) is 18.3 Å². The first-order chi connectivity index (χ1) is 9.52. The Bertz CT molecular complexity index is 651. The lowest BCUT2D eigenvalue weighted by Gasteiger charge is -2.14. The second-order valence-corrected chi connectivity index (χ2v) is 4.67. The van der Waals surface area contributed by atoms with Crippen LogP contribution in [0, 0.1) is 0 Å². The second kappa shape index (κ2) is 4.75. The number of aliphatic hydroxyl groups excluding tert-OH is 3. The van der Waals surface area contributed by atoms with Gasteiger partial charge in [0, 0.05) is 0 Å². The Morgan fingerprint density at radius 1 is 1.30 bits per heavy atom. The summed E-state index contributed by atoms with van der Waals surface area (Å²) in [5.41, 5.74) is 5.86. The summed E-state index contributed by atoms with van der Waals surface area (Å²) in [5.74, 6) is -0.0854. The van der Waals surface area contributed by atoms with Crippen molar-refractivity contribution in [2.24, 2.45) is 0 Å². The molecule has 0 radical (unpaired) electrons. The molecule has 0 saturated carbocycles. The summed E-state index contributed by atoms with van der Waals surface area (Å²) in [6.45, 7) is -0.445. The van der Waals surface area contributed by atoms with E-state index in [2.05, 4.69) is 20.3 Å². The number of nitrogens with two attached hydrogens (primary N) is 1. The number of nitrogen functional groups attached to an aromatic ring is 1. The Hall–Kier alpha value is -1.59. The molecule has 20 heavy (non-hydrogen) atoms. The first-order valence-corrected chi connectivity index (χ1v) is 6.07. The van der Waals surface area contributed by atoms with E-state index >= 15 is 0 Å². The van der Waals surface area contributed by atoms with Crippen molar-refractivity contribution in [1.82, 2.24) is 25.0 Å². The summed E-state index contributed by atoms with van der Waals surface area (Å²) in [4.78, 5) is 7.67. The minimum Gasteiger partial charge on any atom is -0.394 e. The second-order valence-electron chi connectivity index (χ2n) is 4.31. The van der Waals surface area contributed by atoms with Crippen molar-refractivity contribution in [2.45, 2.75) is 24.5 Å². The molecular weight excluding hydrogens is 292 g/mol. The highest BCUT2D eigenvalue weighted by Crippen LogP contribution is 2.31. The number of halogens is 1. The van der Waals surface area contributed by atoms with Crippen molar-refractivity contribution in [2.75, 3.05) is 12.3 Å². The van der Waals surface area contributed by atoms with Crippen molar-refractivity contribution in [3.8, 4) is 0 Å². The van der Waals surface area contributed by atoms with Gasteiger partial charge in [0.15, 0.2) is 22.5 Å². The third-order valence-corrected chi connectivity index (χ3v) is 3.32. The normalized spacial score (nSPS) is 30.2. The largest absolute Gasteiger partial charge is 0.394 e. The summed E-state index contributed by atoms with van der Waals surface area (Å²) in [5, 5.41) is 36.3. The van der Waals surface area contributed by atoms with Gasteiger partial charge in [-0.3, -0.25) is 0 Å². The predicted molar refractivity (Wildman–Crippen MR) is 65.5 cm³/mol. The molecule has 0 aliphatic carbocycles. The highest BCUT2D eigenvalue weighted by atomic mass is 35.5. The van der Waals surface area contributed by atoms with E-state index in [4.69, 9.17) is 27.2 Å². The van der Waals surface area contributed by atoms with E-state index in [0.717, 1.165) is 4.68 Å². The van der Waals surface area contributed by atoms with Crippen LogP contribution < -0.4 is 5.73 Å². The van der Waals surface area contributed by atoms with E-state index in [9.17, 15) is 10.2 Å². The lowest BCUT2D eigenvalue weighted by molar-refractivity contribution is -0.0574. The van der Waals surface area contributed by atoms with Gasteiger partial charge < -0.3 is 25.8 Å². The molecule has 5 N–H and O–H groups in total. The van der Waals surface area contributed by atoms with Crippen LogP contribution in [0.25, 0.3) is 11.2 Å². The maximum atomic E-state index is 9.95. The van der Waals surface area contributed by atoms with Crippen LogP contribution in [0.5, 0.6) is 0 Å². The molecule has 0 unspecified atom stereocenters. The van der Waals surface area contributed by atoms with Gasteiger partial charge in [0.2, 0.25) is 5.95 Å². The van der Waals surface area contributed by atoms with Crippen molar-refractivity contribution in [3.63, 3.8) is 0 Å². The van der Waals surface area contributed by atoms with Gasteiger partial charge in [-0.05, 0) is 0 Å². The Morgan fingerprint density at radius 3 is 2.70 bits per heavy atom. The molecule has 0 bridgehead atoms. The molecule has 4 atom stereocenters. The number of fused-ring (bicyclic) bond motifs is 1. The Kier molecular flexibility index (Phi) is 3.18. The first-order valence-electron chi connectivity index (χ1n) is 5.69. The third-order valence-electron chi connectivity index (χ3n) is 3.06. The Labute approximate surface area is 116 Å². The number of aromatic nitrogens is 5. The summed E-state index contributed by atoms with van der Waals surface area (Å²) in [6, 6.07) is 0. The Balaban J connectivity index is 2.07. The maximum Gasteiger partial charge on any atom is 0.223 e. The van der Waals surface area contributed by atoms with E-state index in [1.54, 1.807) is 0 Å². The molecule has 0 amide bonds. The summed E-state index contributed by atoms with van der Waals surface area (Å²) < 4.78 is 6.48. The Morgan fingerprint density at radius 2 is 2.05 bits per heavy atom. The van der Waals surface area contributed by atoms with Crippen LogP contribution in [0.4, 0.5) is 5.95 Å². The van der Waals surface area contributed by atoms with Crippen molar-refractivity contribution < 1.29 is 20.1 Å². The fourth-order valence-corrected chi connectivity index (χ4v) is 2.28. The van der Waals surface area contributed by atoms with Gasteiger partial charge in [-0.15, -0.1) is 5.10 Å². The molecule has 2 aromatic rings. The fraction of sp³-hybridized carbons (Fsp3) is 0.556. The lowest BCUT2D eigenvalue weighted by Crippen LogP contribution is -2.33. The van der Waals surface area contributed by atoms with Gasteiger partial charge in [-0.1, -0.05) is 16.8 Å². The zero-order chi connectivity index (χ0) is 14.4. The summed E-state index contributed by atoms with van der Waals surface area (Å²) in [7, 11) is 0. The number of hydrogen-bond donors (Lipinski definition) is 4. The minimum atomic E-state index is -1.30. The van der Waals surface area contributed by atoms with E-state index in [-0.39, 0.29) is 22.3 Å². The molecule has 108 valence electrons. The topological polar surface area (TPSA) is 152 Å². The average molecular weight is 303 g/mol. The van der Waals surface area contributed by atoms with Crippen LogP contribution in [-0.2, 0) is 4.74 Å². The van der Waals surface area contributed by atoms with E-state index in [1.165, 1.54) is 0 Å². The predicted octanol–water partition coefficient (Wildman–Crippen LogP) is -1.93. The lowest BCUT2D eigenvalue weighted by atomic mass is 10.1. The molecule has 0 spiro atoms. The van der Waals surface area contributed by atoms with Crippen LogP contribution in [0.2, 0.25) is 5.15 Å². The van der Waals surface area contributed by atoms with E-state index in [0.29, 0.717) is 0 Å². The maximum absolute atomic E-state index is 9.95. The quantitative estimate of drug-likeness (QED) is 0.464. The molecule has 10 nitrogen and oxygen atoms in total. The number of hydrogen-bond acceptors (Lipinski definition) is 9. The standard InChI is InChI=1S/C9H11ClN6O4/c10-6-3-7(13-9(11)12-6)16(15-14-3)8-5(19)4(18)2(1-17)20-8/h2,4-5,8,17-19H,1H2,(H2,11,12,13)/t2-,4+,5+,8-/m1/s1. The van der Waals surface area contributed by atoms with Crippen molar-refractivity contribution in [1.29, 1.82) is 0 Å². The van der Waals surface area contributed by atoms with E-state index < -0.39 is 31.1 Å². The number of aliphatic hydroxyl groups is 3. The van der Waals surface area contributed by atoms with Crippen LogP contribution in [-0.4, -0.2) is 65.2 Å². The van der Waals surface area contributed by atoms with Gasteiger partial charge in [-0.25, -0.2) is 0 Å². The van der Waals surface area contributed by atoms with Crippen LogP contribution in [0.15, 0.2) is 0 Å². The first kappa shape index (κ1) is 13.4. The highest BCUT2D eigenvalue weighted by molar-refractivity contribution is 6.33. The highest BCUT2D eigenvalue weighted by Gasteiger charge is 2.44. The average Bonchev–Trinajstić information content (AvgIpc) is 2.93.